The highest BCUT2D eigenvalue weighted by atomic mass is 32.2. The number of aryl methyl sites for hydroxylation is 1. The molecule has 0 saturated heterocycles. The van der Waals surface area contributed by atoms with Gasteiger partial charge in [0, 0.05) is 30.7 Å². The normalized spacial score (nSPS) is 10.8. The summed E-state index contributed by atoms with van der Waals surface area (Å²) in [6.45, 7) is 9.02. The molecule has 33 heavy (non-hydrogen) atoms. The first-order valence-electron chi connectivity index (χ1n) is 10.5. The van der Waals surface area contributed by atoms with Crippen LogP contribution in [-0.2, 0) is 16.1 Å². The number of amides is 1. The number of nitrogens with zero attached hydrogens (tertiary/aromatic N) is 4. The number of carbonyl (C=O) groups excluding carboxylic acids is 1. The molecule has 9 heteroatoms. The average molecular weight is 468 g/mol. The van der Waals surface area contributed by atoms with Crippen molar-refractivity contribution in [3.63, 3.8) is 0 Å². The van der Waals surface area contributed by atoms with Crippen molar-refractivity contribution in [2.45, 2.75) is 39.4 Å². The van der Waals surface area contributed by atoms with Gasteiger partial charge in [-0.25, -0.2) is 4.98 Å². The summed E-state index contributed by atoms with van der Waals surface area (Å²) >= 11 is 1.37. The summed E-state index contributed by atoms with van der Waals surface area (Å²) in [6, 6.07) is 9.74. The molecule has 0 aliphatic carbocycles. The highest BCUT2D eigenvalue weighted by Gasteiger charge is 2.21. The first-order chi connectivity index (χ1) is 15.8. The standard InChI is InChI=1S/C24H29N5O3S/c1-15-17(3)29(19-7-9-20(32-6)10-8-19)23(21(15)13-25)27-22(30)14-33-24-26-16(2)18(4)28(24)11-12-31-5/h7-10H,11-12,14H2,1-6H3,(H,27,30). The van der Waals surface area contributed by atoms with Gasteiger partial charge in [0.2, 0.25) is 5.91 Å². The molecule has 0 bridgehead atoms. The number of benzene rings is 1. The molecule has 0 aliphatic rings. The third-order valence-corrected chi connectivity index (χ3v) is 6.66. The number of ether oxygens (including phenoxy) is 2. The van der Waals surface area contributed by atoms with Crippen LogP contribution in [0, 0.1) is 39.0 Å². The molecule has 0 atom stereocenters. The molecule has 2 aromatic heterocycles. The number of carbonyl (C=O) groups is 1. The number of thioether (sulfide) groups is 1. The minimum Gasteiger partial charge on any atom is -0.497 e. The Balaban J connectivity index is 1.85. The van der Waals surface area contributed by atoms with Gasteiger partial charge in [0.1, 0.15) is 17.6 Å². The summed E-state index contributed by atoms with van der Waals surface area (Å²) < 4.78 is 14.4. The largest absolute Gasteiger partial charge is 0.497 e. The topological polar surface area (TPSA) is 94.1 Å². The van der Waals surface area contributed by atoms with Gasteiger partial charge in [-0.2, -0.15) is 5.26 Å². The molecule has 1 N–H and O–H groups in total. The Morgan fingerprint density at radius 3 is 2.45 bits per heavy atom. The Morgan fingerprint density at radius 2 is 1.85 bits per heavy atom. The summed E-state index contributed by atoms with van der Waals surface area (Å²) in [7, 11) is 3.27. The van der Waals surface area contributed by atoms with Crippen LogP contribution in [0.2, 0.25) is 0 Å². The van der Waals surface area contributed by atoms with Crippen LogP contribution in [0.5, 0.6) is 5.75 Å². The zero-order chi connectivity index (χ0) is 24.1. The van der Waals surface area contributed by atoms with Crippen LogP contribution in [0.15, 0.2) is 29.4 Å². The predicted octanol–water partition coefficient (Wildman–Crippen LogP) is 4.16. The molecule has 3 rings (SSSR count). The second-order valence-electron chi connectivity index (χ2n) is 7.63. The van der Waals surface area contributed by atoms with Crippen molar-refractivity contribution in [2.24, 2.45) is 0 Å². The molecule has 0 unspecified atom stereocenters. The number of hydrogen-bond donors (Lipinski definition) is 1. The van der Waals surface area contributed by atoms with Crippen molar-refractivity contribution in [1.29, 1.82) is 5.26 Å². The highest BCUT2D eigenvalue weighted by Crippen LogP contribution is 2.31. The van der Waals surface area contributed by atoms with E-state index in [-0.39, 0.29) is 11.7 Å². The summed E-state index contributed by atoms with van der Waals surface area (Å²) in [5.74, 6) is 1.16. The molecule has 2 heterocycles. The van der Waals surface area contributed by atoms with E-state index in [9.17, 15) is 10.1 Å². The van der Waals surface area contributed by atoms with E-state index in [1.807, 2.05) is 56.5 Å². The van der Waals surface area contributed by atoms with Crippen molar-refractivity contribution in [2.75, 3.05) is 31.9 Å². The SMILES string of the molecule is COCCn1c(SCC(=O)Nc2c(C#N)c(C)c(C)n2-c2ccc(OC)cc2)nc(C)c1C. The third kappa shape index (κ3) is 5.07. The van der Waals surface area contributed by atoms with Crippen molar-refractivity contribution < 1.29 is 14.3 Å². The predicted molar refractivity (Wildman–Crippen MR) is 129 cm³/mol. The first kappa shape index (κ1) is 24.4. The van der Waals surface area contributed by atoms with Gasteiger partial charge in [-0.1, -0.05) is 11.8 Å². The van der Waals surface area contributed by atoms with E-state index in [4.69, 9.17) is 9.47 Å². The van der Waals surface area contributed by atoms with Crippen LogP contribution in [0.3, 0.4) is 0 Å². The Kier molecular flexibility index (Phi) is 7.84. The van der Waals surface area contributed by atoms with Crippen LogP contribution in [-0.4, -0.2) is 46.6 Å². The number of methoxy groups -OCH3 is 2. The fourth-order valence-electron chi connectivity index (χ4n) is 3.59. The monoisotopic (exact) mass is 467 g/mol. The van der Waals surface area contributed by atoms with Gasteiger partial charge in [-0.05, 0) is 57.5 Å². The van der Waals surface area contributed by atoms with Crippen LogP contribution in [0.25, 0.3) is 5.69 Å². The second-order valence-corrected chi connectivity index (χ2v) is 8.57. The molecule has 0 radical (unpaired) electrons. The fourth-order valence-corrected chi connectivity index (χ4v) is 4.51. The summed E-state index contributed by atoms with van der Waals surface area (Å²) in [6.07, 6.45) is 0. The quantitative estimate of drug-likeness (QED) is 0.475. The van der Waals surface area contributed by atoms with E-state index in [2.05, 4.69) is 20.9 Å². The average Bonchev–Trinajstić information content (AvgIpc) is 3.22. The van der Waals surface area contributed by atoms with Gasteiger partial charge in [0.05, 0.1) is 30.7 Å². The highest BCUT2D eigenvalue weighted by molar-refractivity contribution is 7.99. The van der Waals surface area contributed by atoms with Gasteiger partial charge >= 0.3 is 0 Å². The first-order valence-corrected chi connectivity index (χ1v) is 11.5. The van der Waals surface area contributed by atoms with E-state index in [1.54, 1.807) is 14.2 Å². The molecule has 0 fully saturated rings. The minimum absolute atomic E-state index is 0.166. The van der Waals surface area contributed by atoms with Crippen LogP contribution >= 0.6 is 11.8 Å². The lowest BCUT2D eigenvalue weighted by Gasteiger charge is -2.14. The molecule has 8 nitrogen and oxygen atoms in total. The number of nitriles is 1. The molecule has 0 spiro atoms. The maximum Gasteiger partial charge on any atom is 0.236 e. The van der Waals surface area contributed by atoms with Crippen LogP contribution in [0.1, 0.15) is 28.2 Å². The zero-order valence-electron chi connectivity index (χ0n) is 19.9. The van der Waals surface area contributed by atoms with Gasteiger partial charge in [0.15, 0.2) is 5.16 Å². The number of anilines is 1. The van der Waals surface area contributed by atoms with Crippen molar-refractivity contribution in [3.05, 3.63) is 52.5 Å². The zero-order valence-corrected chi connectivity index (χ0v) is 20.7. The lowest BCUT2D eigenvalue weighted by Crippen LogP contribution is -2.18. The molecule has 174 valence electrons. The molecule has 0 saturated carbocycles. The number of imidazole rings is 1. The van der Waals surface area contributed by atoms with E-state index < -0.39 is 0 Å². The van der Waals surface area contributed by atoms with E-state index in [0.717, 1.165) is 39.2 Å². The molecule has 1 amide bonds. The maximum atomic E-state index is 12.9. The maximum absolute atomic E-state index is 12.9. The number of nitrogens with one attached hydrogen (secondary N) is 1. The number of hydrogen-bond acceptors (Lipinski definition) is 6. The van der Waals surface area contributed by atoms with Crippen molar-refractivity contribution in [3.8, 4) is 17.5 Å². The van der Waals surface area contributed by atoms with E-state index in [1.165, 1.54) is 11.8 Å². The van der Waals surface area contributed by atoms with Gasteiger partial charge < -0.3 is 19.4 Å². The Hall–Kier alpha value is -3.22. The number of aromatic nitrogens is 3. The molecule has 3 aromatic rings. The van der Waals surface area contributed by atoms with E-state index >= 15 is 0 Å². The lowest BCUT2D eigenvalue weighted by atomic mass is 10.2. The minimum atomic E-state index is -0.208. The van der Waals surface area contributed by atoms with Crippen molar-refractivity contribution in [1.82, 2.24) is 14.1 Å². The third-order valence-electron chi connectivity index (χ3n) is 5.69. The Labute approximate surface area is 198 Å². The summed E-state index contributed by atoms with van der Waals surface area (Å²) in [4.78, 5) is 17.5. The Morgan fingerprint density at radius 1 is 1.15 bits per heavy atom. The van der Waals surface area contributed by atoms with Crippen LogP contribution in [0.4, 0.5) is 5.82 Å². The van der Waals surface area contributed by atoms with Gasteiger partial charge in [-0.15, -0.1) is 0 Å². The van der Waals surface area contributed by atoms with Gasteiger partial charge in [0.25, 0.3) is 0 Å². The summed E-state index contributed by atoms with van der Waals surface area (Å²) in [5, 5.41) is 13.5. The number of rotatable bonds is 9. The summed E-state index contributed by atoms with van der Waals surface area (Å²) in [5.41, 5.74) is 5.00. The van der Waals surface area contributed by atoms with Crippen molar-refractivity contribution >= 4 is 23.5 Å². The molecule has 1 aromatic carbocycles. The molecular formula is C24H29N5O3S. The van der Waals surface area contributed by atoms with E-state index in [0.29, 0.717) is 24.5 Å². The second kappa shape index (κ2) is 10.6. The van der Waals surface area contributed by atoms with Crippen LogP contribution < -0.4 is 10.1 Å². The lowest BCUT2D eigenvalue weighted by molar-refractivity contribution is -0.113. The smallest absolute Gasteiger partial charge is 0.236 e. The Bertz CT molecular complexity index is 1190. The molecule has 0 aliphatic heterocycles. The fraction of sp³-hybridized carbons (Fsp3) is 0.375. The molecular weight excluding hydrogens is 438 g/mol. The van der Waals surface area contributed by atoms with Gasteiger partial charge in [-0.3, -0.25) is 9.36 Å².